The number of carboxylic acid groups (broad SMARTS) is 1. The summed E-state index contributed by atoms with van der Waals surface area (Å²) in [5.41, 5.74) is 0.0824. The van der Waals surface area contributed by atoms with Crippen LogP contribution >= 0.6 is 23.5 Å². The molecule has 0 radical (unpaired) electrons. The van der Waals surface area contributed by atoms with Gasteiger partial charge in [-0.25, -0.2) is 4.79 Å². The van der Waals surface area contributed by atoms with Crippen molar-refractivity contribution in [3.8, 4) is 0 Å². The molecule has 5 atom stereocenters. The number of carbonyl (C=O) groups excluding carboxylic acids is 1. The third-order valence-corrected chi connectivity index (χ3v) is 6.85. The van der Waals surface area contributed by atoms with Crippen molar-refractivity contribution in [2.24, 2.45) is 16.8 Å². The number of aliphatic hydroxyl groups excluding tert-OH is 1. The van der Waals surface area contributed by atoms with Crippen LogP contribution in [0.5, 0.6) is 0 Å². The minimum atomic E-state index is -1.08. The number of hydrogen-bond acceptors (Lipinski definition) is 7. The fraction of sp³-hybridized carbons (Fsp3) is 0.667. The molecule has 7 nitrogen and oxygen atoms in total. The summed E-state index contributed by atoms with van der Waals surface area (Å²) < 4.78 is 0. The van der Waals surface area contributed by atoms with Crippen LogP contribution in [0.4, 0.5) is 0 Å². The number of nitrogens with zero attached hydrogens (tertiary/aromatic N) is 2. The minimum absolute atomic E-state index is 0.0824. The lowest BCUT2D eigenvalue weighted by atomic mass is 9.79. The Morgan fingerprint density at radius 3 is 2.71 bits per heavy atom. The number of nitrogens with one attached hydrogen (secondary N) is 1. The molecule has 0 aliphatic carbocycles. The van der Waals surface area contributed by atoms with E-state index in [1.54, 1.807) is 18.7 Å². The first-order chi connectivity index (χ1) is 11.4. The maximum Gasteiger partial charge on any atom is 0.353 e. The van der Waals surface area contributed by atoms with Gasteiger partial charge in [0.25, 0.3) is 0 Å². The van der Waals surface area contributed by atoms with Crippen LogP contribution in [0.3, 0.4) is 0 Å². The summed E-state index contributed by atoms with van der Waals surface area (Å²) in [7, 11) is 0. The van der Waals surface area contributed by atoms with Crippen LogP contribution in [-0.4, -0.2) is 68.9 Å². The number of carbonyl (C=O) groups is 2. The van der Waals surface area contributed by atoms with E-state index in [0.29, 0.717) is 13.1 Å². The second-order valence-corrected chi connectivity index (χ2v) is 8.38. The van der Waals surface area contributed by atoms with E-state index in [1.807, 2.05) is 13.2 Å². The van der Waals surface area contributed by atoms with Gasteiger partial charge in [0.05, 0.1) is 24.6 Å². The molecule has 0 saturated carbocycles. The predicted octanol–water partition coefficient (Wildman–Crippen LogP) is 0.564. The molecule has 0 aromatic carbocycles. The first-order valence-electron chi connectivity index (χ1n) is 7.84. The summed E-state index contributed by atoms with van der Waals surface area (Å²) >= 11 is 3.05. The fourth-order valence-corrected chi connectivity index (χ4v) is 5.34. The standard InChI is InChI=1S/C15H21N3O4S2/c1-6-10-9(7(2)19)13(20)18(10)11(14(21)22)12(6)24-8-4-16-15(23-3)17-5-8/h6-10,19H,4-5H2,1-3H3,(H,16,17)(H,21,22)/t6-,7-,9-,10-/m1/s1. The van der Waals surface area contributed by atoms with Crippen LogP contribution in [0.1, 0.15) is 13.8 Å². The lowest BCUT2D eigenvalue weighted by molar-refractivity contribution is -0.163. The molecular weight excluding hydrogens is 350 g/mol. The van der Waals surface area contributed by atoms with Crippen molar-refractivity contribution in [2.45, 2.75) is 31.2 Å². The third kappa shape index (κ3) is 2.72. The summed E-state index contributed by atoms with van der Waals surface area (Å²) in [6, 6.07) is -0.257. The predicted molar refractivity (Wildman–Crippen MR) is 94.8 cm³/mol. The Labute approximate surface area is 149 Å². The lowest BCUT2D eigenvalue weighted by Gasteiger charge is -2.46. The number of amidine groups is 1. The highest BCUT2D eigenvalue weighted by Gasteiger charge is 2.60. The molecule has 1 saturated heterocycles. The SMILES string of the molecule is CSC1=NCC(SC2=C(C(=O)O)N3C(=O)[C@H]([C@@H](C)O)[C@H]3[C@H]2C)CN1. The highest BCUT2D eigenvalue weighted by atomic mass is 32.2. The van der Waals surface area contributed by atoms with Gasteiger partial charge in [0, 0.05) is 22.6 Å². The van der Waals surface area contributed by atoms with Crippen molar-refractivity contribution >= 4 is 40.6 Å². The number of β-lactam (4-membered cyclic amide) rings is 1. The van der Waals surface area contributed by atoms with Crippen molar-refractivity contribution in [2.75, 3.05) is 19.3 Å². The number of hydrogen-bond donors (Lipinski definition) is 3. The van der Waals surface area contributed by atoms with Crippen molar-refractivity contribution in [3.63, 3.8) is 0 Å². The summed E-state index contributed by atoms with van der Waals surface area (Å²) in [6.07, 6.45) is 1.18. The Kier molecular flexibility index (Phi) is 4.85. The van der Waals surface area contributed by atoms with Gasteiger partial charge in [0.15, 0.2) is 5.17 Å². The van der Waals surface area contributed by atoms with E-state index in [1.165, 1.54) is 16.7 Å². The van der Waals surface area contributed by atoms with E-state index in [9.17, 15) is 19.8 Å². The average molecular weight is 371 g/mol. The van der Waals surface area contributed by atoms with Crippen LogP contribution in [0.25, 0.3) is 0 Å². The smallest absolute Gasteiger partial charge is 0.353 e. The van der Waals surface area contributed by atoms with Gasteiger partial charge >= 0.3 is 5.97 Å². The van der Waals surface area contributed by atoms with Crippen molar-refractivity contribution < 1.29 is 19.8 Å². The van der Waals surface area contributed by atoms with Gasteiger partial charge in [0.1, 0.15) is 5.70 Å². The van der Waals surface area contributed by atoms with Crippen molar-refractivity contribution in [3.05, 3.63) is 10.6 Å². The molecule has 0 bridgehead atoms. The molecule has 0 spiro atoms. The molecule has 3 heterocycles. The second kappa shape index (κ2) is 6.61. The van der Waals surface area contributed by atoms with E-state index in [4.69, 9.17) is 0 Å². The number of fused-ring (bicyclic) bond motifs is 1. The van der Waals surface area contributed by atoms with E-state index in [-0.39, 0.29) is 28.8 Å². The van der Waals surface area contributed by atoms with Gasteiger partial charge in [-0.3, -0.25) is 9.79 Å². The van der Waals surface area contributed by atoms with Crippen LogP contribution in [-0.2, 0) is 9.59 Å². The molecule has 3 rings (SSSR count). The molecule has 132 valence electrons. The Morgan fingerprint density at radius 1 is 1.50 bits per heavy atom. The first-order valence-corrected chi connectivity index (χ1v) is 9.94. The molecular formula is C15H21N3O4S2. The van der Waals surface area contributed by atoms with Crippen LogP contribution in [0.2, 0.25) is 0 Å². The minimum Gasteiger partial charge on any atom is -0.477 e. The van der Waals surface area contributed by atoms with Crippen molar-refractivity contribution in [1.82, 2.24) is 10.2 Å². The van der Waals surface area contributed by atoms with Crippen LogP contribution in [0, 0.1) is 11.8 Å². The lowest BCUT2D eigenvalue weighted by Crippen LogP contribution is -2.63. The molecule has 3 aliphatic heterocycles. The van der Waals surface area contributed by atoms with Gasteiger partial charge in [0.2, 0.25) is 5.91 Å². The Bertz CT molecular complexity index is 634. The number of rotatable bonds is 4. The van der Waals surface area contributed by atoms with Gasteiger partial charge in [-0.15, -0.1) is 11.8 Å². The van der Waals surface area contributed by atoms with E-state index < -0.39 is 18.0 Å². The zero-order valence-electron chi connectivity index (χ0n) is 13.7. The summed E-state index contributed by atoms with van der Waals surface area (Å²) in [5.74, 6) is -1.98. The summed E-state index contributed by atoms with van der Waals surface area (Å²) in [5, 5.41) is 23.7. The van der Waals surface area contributed by atoms with Crippen molar-refractivity contribution in [1.29, 1.82) is 0 Å². The Balaban J connectivity index is 1.83. The highest BCUT2D eigenvalue weighted by molar-refractivity contribution is 8.13. The maximum atomic E-state index is 12.3. The molecule has 9 heteroatoms. The van der Waals surface area contributed by atoms with Gasteiger partial charge < -0.3 is 20.4 Å². The summed E-state index contributed by atoms with van der Waals surface area (Å²) in [4.78, 5) is 30.5. The van der Waals surface area contributed by atoms with Gasteiger partial charge in [-0.05, 0) is 13.2 Å². The number of aliphatic carboxylic acids is 1. The number of thioether (sulfide) groups is 2. The van der Waals surface area contributed by atoms with E-state index in [2.05, 4.69) is 10.3 Å². The third-order valence-electron chi connectivity index (χ3n) is 4.72. The van der Waals surface area contributed by atoms with E-state index in [0.717, 1.165) is 10.1 Å². The fourth-order valence-electron chi connectivity index (χ4n) is 3.58. The molecule has 24 heavy (non-hydrogen) atoms. The Morgan fingerprint density at radius 2 is 2.21 bits per heavy atom. The Hall–Kier alpha value is -1.19. The molecule has 1 fully saturated rings. The molecule has 3 N–H and O–H groups in total. The van der Waals surface area contributed by atoms with Crippen LogP contribution < -0.4 is 5.32 Å². The largest absolute Gasteiger partial charge is 0.477 e. The molecule has 1 unspecified atom stereocenters. The van der Waals surface area contributed by atoms with Gasteiger partial charge in [-0.1, -0.05) is 18.7 Å². The van der Waals surface area contributed by atoms with Crippen LogP contribution in [0.15, 0.2) is 15.6 Å². The summed E-state index contributed by atoms with van der Waals surface area (Å²) in [6.45, 7) is 4.85. The molecule has 1 amide bonds. The maximum absolute atomic E-state index is 12.3. The molecule has 0 aromatic rings. The molecule has 0 aromatic heterocycles. The zero-order chi connectivity index (χ0) is 17.6. The number of aliphatic hydroxyl groups is 1. The monoisotopic (exact) mass is 371 g/mol. The number of aliphatic imine (C=N–C) groups is 1. The van der Waals surface area contributed by atoms with E-state index >= 15 is 0 Å². The topological polar surface area (TPSA) is 102 Å². The average Bonchev–Trinajstić information content (AvgIpc) is 2.77. The highest BCUT2D eigenvalue weighted by Crippen LogP contribution is 2.51. The van der Waals surface area contributed by atoms with Gasteiger partial charge in [-0.2, -0.15) is 0 Å². The zero-order valence-corrected chi connectivity index (χ0v) is 15.4. The second-order valence-electron chi connectivity index (χ2n) is 6.24. The quantitative estimate of drug-likeness (QED) is 0.621. The number of amides is 1. The first kappa shape index (κ1) is 17.6. The number of carboxylic acids is 1. The normalized spacial score (nSPS) is 33.6. The molecule has 3 aliphatic rings.